The number of nitriles is 1. The number of H-pyrrole nitrogens is 1. The van der Waals surface area contributed by atoms with Gasteiger partial charge in [0.1, 0.15) is 5.69 Å². The third-order valence-corrected chi connectivity index (χ3v) is 3.37. The van der Waals surface area contributed by atoms with Crippen molar-refractivity contribution in [2.45, 2.75) is 13.8 Å². The molecule has 21 heavy (non-hydrogen) atoms. The fourth-order valence-corrected chi connectivity index (χ4v) is 2.22. The quantitative estimate of drug-likeness (QED) is 0.934. The molecule has 0 saturated heterocycles. The van der Waals surface area contributed by atoms with E-state index in [1.807, 2.05) is 13.0 Å². The van der Waals surface area contributed by atoms with Gasteiger partial charge in [0.05, 0.1) is 12.0 Å². The van der Waals surface area contributed by atoms with Crippen LogP contribution in [-0.4, -0.2) is 28.9 Å². The highest BCUT2D eigenvalue weighted by Gasteiger charge is 2.18. The van der Waals surface area contributed by atoms with E-state index in [-0.39, 0.29) is 23.1 Å². The van der Waals surface area contributed by atoms with Crippen LogP contribution in [0.2, 0.25) is 0 Å². The topological polar surface area (TPSA) is 77.0 Å². The lowest BCUT2D eigenvalue weighted by atomic mass is 10.1. The van der Waals surface area contributed by atoms with Gasteiger partial charge in [0, 0.05) is 18.5 Å². The highest BCUT2D eigenvalue weighted by molar-refractivity contribution is 5.96. The van der Waals surface area contributed by atoms with Gasteiger partial charge in [-0.05, 0) is 31.4 Å². The molecule has 0 aliphatic rings. The Morgan fingerprint density at radius 1 is 1.43 bits per heavy atom. The van der Waals surface area contributed by atoms with Crippen molar-refractivity contribution < 1.29 is 4.79 Å². The van der Waals surface area contributed by atoms with E-state index in [2.05, 4.69) is 11.1 Å². The predicted octanol–water partition coefficient (Wildman–Crippen LogP) is 2.15. The summed E-state index contributed by atoms with van der Waals surface area (Å²) in [5.74, 6) is -0.511. The first-order valence-corrected chi connectivity index (χ1v) is 6.87. The molecule has 108 valence electrons. The van der Waals surface area contributed by atoms with E-state index in [1.54, 1.807) is 36.1 Å². The van der Waals surface area contributed by atoms with Crippen molar-refractivity contribution in [3.63, 3.8) is 0 Å². The number of pyridine rings is 1. The minimum atomic E-state index is -0.277. The van der Waals surface area contributed by atoms with Gasteiger partial charge >= 0.3 is 0 Å². The zero-order chi connectivity index (χ0) is 15.4. The summed E-state index contributed by atoms with van der Waals surface area (Å²) in [7, 11) is 0. The molecule has 1 atom stereocenters. The van der Waals surface area contributed by atoms with Gasteiger partial charge in [0.15, 0.2) is 0 Å². The maximum absolute atomic E-state index is 12.5. The smallest absolute Gasteiger partial charge is 0.270 e. The van der Waals surface area contributed by atoms with Gasteiger partial charge in [-0.2, -0.15) is 5.26 Å². The summed E-state index contributed by atoms with van der Waals surface area (Å²) in [5, 5.41) is 10.2. The van der Waals surface area contributed by atoms with Crippen LogP contribution in [0.4, 0.5) is 0 Å². The first-order valence-electron chi connectivity index (χ1n) is 6.87. The van der Waals surface area contributed by atoms with Crippen LogP contribution >= 0.6 is 0 Å². The number of nitrogens with zero attached hydrogens (tertiary/aromatic N) is 2. The molecule has 0 bridgehead atoms. The number of hydrogen-bond donors (Lipinski definition) is 1. The molecule has 0 aliphatic carbocycles. The number of fused-ring (bicyclic) bond motifs is 1. The van der Waals surface area contributed by atoms with Crippen molar-refractivity contribution in [2.75, 3.05) is 13.1 Å². The fourth-order valence-electron chi connectivity index (χ4n) is 2.22. The molecule has 0 fully saturated rings. The maximum atomic E-state index is 12.5. The van der Waals surface area contributed by atoms with Crippen molar-refractivity contribution >= 4 is 16.7 Å². The second-order valence-corrected chi connectivity index (χ2v) is 4.97. The van der Waals surface area contributed by atoms with E-state index in [9.17, 15) is 9.59 Å². The zero-order valence-electron chi connectivity index (χ0n) is 12.1. The van der Waals surface area contributed by atoms with Gasteiger partial charge in [-0.15, -0.1) is 0 Å². The maximum Gasteiger partial charge on any atom is 0.270 e. The van der Waals surface area contributed by atoms with E-state index in [0.29, 0.717) is 18.5 Å². The summed E-state index contributed by atoms with van der Waals surface area (Å²) >= 11 is 0. The van der Waals surface area contributed by atoms with Crippen molar-refractivity contribution in [2.24, 2.45) is 5.92 Å². The van der Waals surface area contributed by atoms with Crippen LogP contribution < -0.4 is 5.56 Å². The van der Waals surface area contributed by atoms with E-state index in [0.717, 1.165) is 5.39 Å². The number of hydrogen-bond acceptors (Lipinski definition) is 3. The molecule has 1 aromatic heterocycles. The third kappa shape index (κ3) is 3.11. The Bertz CT molecular complexity index is 758. The minimum absolute atomic E-state index is 0.249. The number of amides is 1. The van der Waals surface area contributed by atoms with E-state index in [4.69, 9.17) is 5.26 Å². The van der Waals surface area contributed by atoms with Crippen molar-refractivity contribution in [3.05, 3.63) is 46.4 Å². The minimum Gasteiger partial charge on any atom is -0.336 e. The lowest BCUT2D eigenvalue weighted by molar-refractivity contribution is 0.0747. The van der Waals surface area contributed by atoms with Crippen LogP contribution in [0, 0.1) is 17.2 Å². The number of carbonyl (C=O) groups is 1. The van der Waals surface area contributed by atoms with Crippen LogP contribution in [0.25, 0.3) is 10.8 Å². The molecule has 1 heterocycles. The highest BCUT2D eigenvalue weighted by Crippen LogP contribution is 2.12. The van der Waals surface area contributed by atoms with Crippen molar-refractivity contribution in [1.29, 1.82) is 5.26 Å². The average Bonchev–Trinajstić information content (AvgIpc) is 2.51. The van der Waals surface area contributed by atoms with Gasteiger partial charge in [-0.1, -0.05) is 18.2 Å². The number of aromatic nitrogens is 1. The number of carbonyl (C=O) groups excluding carboxylic acids is 1. The molecule has 5 nitrogen and oxygen atoms in total. The molecule has 1 N–H and O–H groups in total. The predicted molar refractivity (Wildman–Crippen MR) is 80.9 cm³/mol. The summed E-state index contributed by atoms with van der Waals surface area (Å²) in [4.78, 5) is 28.7. The lowest BCUT2D eigenvalue weighted by Crippen LogP contribution is -2.35. The van der Waals surface area contributed by atoms with Gasteiger partial charge < -0.3 is 9.88 Å². The first-order chi connectivity index (χ1) is 10.1. The second-order valence-electron chi connectivity index (χ2n) is 4.97. The average molecular weight is 283 g/mol. The zero-order valence-corrected chi connectivity index (χ0v) is 12.1. The molecule has 5 heteroatoms. The second kappa shape index (κ2) is 6.23. The molecule has 0 radical (unpaired) electrons. The van der Waals surface area contributed by atoms with Crippen molar-refractivity contribution in [1.82, 2.24) is 9.88 Å². The van der Waals surface area contributed by atoms with Crippen LogP contribution in [0.3, 0.4) is 0 Å². The lowest BCUT2D eigenvalue weighted by Gasteiger charge is -2.21. The molecule has 2 rings (SSSR count). The van der Waals surface area contributed by atoms with E-state index in [1.165, 1.54) is 0 Å². The number of nitrogens with one attached hydrogen (secondary N) is 1. The highest BCUT2D eigenvalue weighted by atomic mass is 16.2. The summed E-state index contributed by atoms with van der Waals surface area (Å²) in [6.07, 6.45) is 0. The van der Waals surface area contributed by atoms with E-state index >= 15 is 0 Å². The molecular weight excluding hydrogens is 266 g/mol. The van der Waals surface area contributed by atoms with Gasteiger partial charge in [-0.25, -0.2) is 0 Å². The molecule has 0 aliphatic heterocycles. The van der Waals surface area contributed by atoms with Crippen LogP contribution in [-0.2, 0) is 0 Å². The Kier molecular flexibility index (Phi) is 4.39. The fraction of sp³-hybridized carbons (Fsp3) is 0.312. The van der Waals surface area contributed by atoms with Crippen LogP contribution in [0.1, 0.15) is 24.3 Å². The Morgan fingerprint density at radius 2 is 2.14 bits per heavy atom. The van der Waals surface area contributed by atoms with Gasteiger partial charge in [0.2, 0.25) is 0 Å². The van der Waals surface area contributed by atoms with Gasteiger partial charge in [0.25, 0.3) is 11.5 Å². The molecule has 1 aromatic carbocycles. The SMILES string of the molecule is CCN(C[C@H](C)C#N)C(=O)c1cc2ccccc2c(=O)[nH]1. The Hall–Kier alpha value is -2.61. The summed E-state index contributed by atoms with van der Waals surface area (Å²) in [6.45, 7) is 4.45. The Balaban J connectivity index is 2.39. The molecule has 0 unspecified atom stereocenters. The largest absolute Gasteiger partial charge is 0.336 e. The molecule has 1 amide bonds. The standard InChI is InChI=1S/C16H17N3O2/c1-3-19(10-11(2)9-17)16(21)14-8-12-6-4-5-7-13(12)15(20)18-14/h4-8,11H,3,10H2,1-2H3,(H,18,20)/t11-/m1/s1. The Labute approximate surface area is 122 Å². The number of aromatic amines is 1. The van der Waals surface area contributed by atoms with Gasteiger partial charge in [-0.3, -0.25) is 9.59 Å². The normalized spacial score (nSPS) is 11.9. The molecule has 0 spiro atoms. The monoisotopic (exact) mass is 283 g/mol. The number of rotatable bonds is 4. The van der Waals surface area contributed by atoms with Crippen molar-refractivity contribution in [3.8, 4) is 6.07 Å². The molecular formula is C16H17N3O2. The molecule has 0 saturated carbocycles. The molecule has 2 aromatic rings. The summed E-state index contributed by atoms with van der Waals surface area (Å²) in [5.41, 5.74) is -0.0217. The van der Waals surface area contributed by atoms with Crippen LogP contribution in [0.15, 0.2) is 35.1 Å². The third-order valence-electron chi connectivity index (χ3n) is 3.37. The van der Waals surface area contributed by atoms with E-state index < -0.39 is 0 Å². The number of benzene rings is 1. The summed E-state index contributed by atoms with van der Waals surface area (Å²) < 4.78 is 0. The summed E-state index contributed by atoms with van der Waals surface area (Å²) in [6, 6.07) is 10.9. The first kappa shape index (κ1) is 14.8. The van der Waals surface area contributed by atoms with Crippen LogP contribution in [0.5, 0.6) is 0 Å². The Morgan fingerprint density at radius 3 is 2.81 bits per heavy atom.